The van der Waals surface area contributed by atoms with Crippen LogP contribution in [0.4, 0.5) is 5.69 Å². The van der Waals surface area contributed by atoms with E-state index in [1.54, 1.807) is 57.9 Å². The minimum atomic E-state index is -1.58. The number of thioether (sulfide) groups is 1. The fourth-order valence-electron chi connectivity index (χ4n) is 7.75. The van der Waals surface area contributed by atoms with Crippen LogP contribution in [0.5, 0.6) is 5.75 Å². The van der Waals surface area contributed by atoms with E-state index < -0.39 is 65.4 Å². The van der Waals surface area contributed by atoms with Crippen LogP contribution < -0.4 is 9.64 Å². The number of halogens is 1. The molecule has 1 N–H and O–H groups in total. The lowest BCUT2D eigenvalue weighted by Crippen LogP contribution is -2.53. The van der Waals surface area contributed by atoms with Crippen LogP contribution in [0.3, 0.4) is 0 Å². The molecule has 8 atom stereocenters. The van der Waals surface area contributed by atoms with Crippen molar-refractivity contribution in [1.29, 1.82) is 0 Å². The first-order valence-corrected chi connectivity index (χ1v) is 20.5. The third kappa shape index (κ3) is 10.7. The molecule has 0 saturated carbocycles. The van der Waals surface area contributed by atoms with E-state index in [4.69, 9.17) is 35.3 Å². The van der Waals surface area contributed by atoms with Gasteiger partial charge in [0.05, 0.1) is 31.7 Å². The molecule has 0 aliphatic carbocycles. The number of aliphatic hydroxyl groups is 1. The molecule has 2 amide bonds. The molecule has 312 valence electrons. The molecule has 0 spiro atoms. The van der Waals surface area contributed by atoms with Crippen molar-refractivity contribution in [3.05, 3.63) is 46.5 Å². The van der Waals surface area contributed by atoms with Crippen LogP contribution in [0.25, 0.3) is 0 Å². The Morgan fingerprint density at radius 2 is 1.88 bits per heavy atom. The largest absolute Gasteiger partial charge is 0.495 e. The van der Waals surface area contributed by atoms with E-state index in [0.717, 1.165) is 11.1 Å². The van der Waals surface area contributed by atoms with Gasteiger partial charge in [0.1, 0.15) is 46.3 Å². The van der Waals surface area contributed by atoms with Gasteiger partial charge in [0.15, 0.2) is 0 Å². The van der Waals surface area contributed by atoms with Crippen LogP contribution in [0.1, 0.15) is 93.1 Å². The highest BCUT2D eigenvalue weighted by atomic mass is 35.5. The monoisotopic (exact) mass is 820 g/mol. The van der Waals surface area contributed by atoms with Gasteiger partial charge in [-0.2, -0.15) is 11.8 Å². The van der Waals surface area contributed by atoms with Crippen molar-refractivity contribution in [2.45, 2.75) is 146 Å². The number of nitrogens with zero attached hydrogens (tertiary/aromatic N) is 2. The molecule has 3 aliphatic heterocycles. The maximum atomic E-state index is 14.2. The standard InChI is InChI=1S/C42H61ClN2O10S/c1-24(2)56-40(6,7)17-16-34(46)44(9)27(5)39(49)54-33-21-35(47)45(10)29-19-28(20-30(51-11)37(29)43)18-25(3)14-13-15-32(52-12)42(50)22-31(53-36(48)23-42)26(4)38-41(33,8)55-38/h13-15,19-20,24,26-27,31-33,38,50H,16-18,21-23H2,1-12H3/b15-13+,25-14+/t26-,27-,31+,32-,33+,38+,41+,42-/m1/s1. The van der Waals surface area contributed by atoms with Crippen molar-refractivity contribution in [1.82, 2.24) is 4.90 Å². The highest BCUT2D eigenvalue weighted by Gasteiger charge is 2.64. The maximum Gasteiger partial charge on any atom is 0.328 e. The molecule has 12 nitrogen and oxygen atoms in total. The number of amides is 2. The van der Waals surface area contributed by atoms with Gasteiger partial charge in [0.2, 0.25) is 11.8 Å². The van der Waals surface area contributed by atoms with Crippen LogP contribution in [-0.2, 0) is 44.5 Å². The van der Waals surface area contributed by atoms with Crippen LogP contribution in [0.15, 0.2) is 35.9 Å². The molecule has 0 radical (unpaired) electrons. The number of likely N-dealkylation sites (N-methyl/N-ethyl adjacent to an activating group) is 1. The third-order valence-electron chi connectivity index (χ3n) is 11.3. The molecule has 2 saturated heterocycles. The number of hydrogen-bond acceptors (Lipinski definition) is 11. The molecular formula is C42H61ClN2O10S. The zero-order valence-electron chi connectivity index (χ0n) is 35.0. The lowest BCUT2D eigenvalue weighted by Gasteiger charge is -2.41. The van der Waals surface area contributed by atoms with E-state index in [-0.39, 0.29) is 41.4 Å². The number of hydrogen-bond donors (Lipinski definition) is 1. The summed E-state index contributed by atoms with van der Waals surface area (Å²) in [6.45, 7) is 15.6. The topological polar surface area (TPSA) is 144 Å². The Kier molecular flexibility index (Phi) is 14.8. The van der Waals surface area contributed by atoms with Crippen LogP contribution >= 0.6 is 23.4 Å². The summed E-state index contributed by atoms with van der Waals surface area (Å²) in [6.07, 6.45) is 2.90. The van der Waals surface area contributed by atoms with Gasteiger partial charge in [-0.3, -0.25) is 14.4 Å². The second-order valence-corrected chi connectivity index (χ2v) is 19.3. The molecule has 4 rings (SSSR count). The lowest BCUT2D eigenvalue weighted by atomic mass is 9.78. The number of carbonyl (C=O) groups is 4. The predicted molar refractivity (Wildman–Crippen MR) is 218 cm³/mol. The molecular weight excluding hydrogens is 760 g/mol. The average Bonchev–Trinajstić information content (AvgIpc) is 3.82. The second kappa shape index (κ2) is 18.2. The van der Waals surface area contributed by atoms with Crippen molar-refractivity contribution in [2.24, 2.45) is 5.92 Å². The Balaban J connectivity index is 1.70. The van der Waals surface area contributed by atoms with Crippen LogP contribution in [-0.4, -0.2) is 114 Å². The van der Waals surface area contributed by atoms with E-state index in [2.05, 4.69) is 27.7 Å². The summed E-state index contributed by atoms with van der Waals surface area (Å²) in [4.78, 5) is 57.3. The van der Waals surface area contributed by atoms with Crippen molar-refractivity contribution in [3.63, 3.8) is 0 Å². The summed E-state index contributed by atoms with van der Waals surface area (Å²) in [5.41, 5.74) is -0.588. The van der Waals surface area contributed by atoms with E-state index >= 15 is 0 Å². The molecule has 3 aliphatic rings. The van der Waals surface area contributed by atoms with Gasteiger partial charge in [0.25, 0.3) is 0 Å². The Morgan fingerprint density at radius 3 is 2.50 bits per heavy atom. The Morgan fingerprint density at radius 1 is 1.20 bits per heavy atom. The Labute approximate surface area is 341 Å². The van der Waals surface area contributed by atoms with Crippen molar-refractivity contribution >= 4 is 52.8 Å². The highest BCUT2D eigenvalue weighted by Crippen LogP contribution is 2.50. The molecule has 1 aromatic carbocycles. The average molecular weight is 821 g/mol. The fraction of sp³-hybridized carbons (Fsp3) is 0.667. The van der Waals surface area contributed by atoms with Gasteiger partial charge in [-0.25, -0.2) is 4.79 Å². The number of esters is 2. The fourth-order valence-corrected chi connectivity index (χ4v) is 9.56. The number of carbonyl (C=O) groups excluding carboxylic acids is 4. The van der Waals surface area contributed by atoms with E-state index in [9.17, 15) is 24.3 Å². The Hall–Kier alpha value is -3.10. The number of rotatable bonds is 10. The lowest BCUT2D eigenvalue weighted by molar-refractivity contribution is -0.187. The normalized spacial score (nSPS) is 30.7. The highest BCUT2D eigenvalue weighted by molar-refractivity contribution is 8.01. The zero-order chi connectivity index (χ0) is 41.9. The number of benzene rings is 1. The summed E-state index contributed by atoms with van der Waals surface area (Å²) in [5.74, 6) is -2.00. The third-order valence-corrected chi connectivity index (χ3v) is 13.0. The molecule has 0 unspecified atom stereocenters. The first-order chi connectivity index (χ1) is 26.0. The maximum absolute atomic E-state index is 14.2. The molecule has 4 bridgehead atoms. The molecule has 3 heterocycles. The number of anilines is 1. The SMILES string of the molecule is COc1cc2cc(c1Cl)N(C)C(=O)C[C@H](OC(=O)[C@@H](C)N(C)C(=O)CCC(C)(C)SC(C)C)[C@]1(C)O[C@H]1[C@H](C)[C@@H]1C[C@@](O)(CC(=O)O1)[C@H](OC)/C=C/C=C(\C)C2. The minimum Gasteiger partial charge on any atom is -0.495 e. The van der Waals surface area contributed by atoms with Crippen LogP contribution in [0, 0.1) is 5.92 Å². The second-order valence-electron chi connectivity index (χ2n) is 16.6. The van der Waals surface area contributed by atoms with E-state index in [1.165, 1.54) is 24.0 Å². The molecule has 0 aromatic heterocycles. The molecule has 56 heavy (non-hydrogen) atoms. The van der Waals surface area contributed by atoms with Gasteiger partial charge in [0, 0.05) is 44.7 Å². The summed E-state index contributed by atoms with van der Waals surface area (Å²) >= 11 is 8.59. The van der Waals surface area contributed by atoms with Crippen molar-refractivity contribution in [3.8, 4) is 5.75 Å². The first kappa shape index (κ1) is 45.6. The number of methoxy groups -OCH3 is 2. The number of allylic oxidation sites excluding steroid dienone is 3. The van der Waals surface area contributed by atoms with Crippen molar-refractivity contribution < 1.29 is 48.0 Å². The smallest absolute Gasteiger partial charge is 0.328 e. The number of fused-ring (bicyclic) bond motifs is 5. The Bertz CT molecular complexity index is 1700. The van der Waals surface area contributed by atoms with Gasteiger partial charge >= 0.3 is 11.9 Å². The van der Waals surface area contributed by atoms with Gasteiger partial charge in [-0.05, 0) is 56.6 Å². The zero-order valence-corrected chi connectivity index (χ0v) is 36.5. The first-order valence-electron chi connectivity index (χ1n) is 19.3. The van der Waals surface area contributed by atoms with E-state index in [1.807, 2.05) is 26.0 Å². The van der Waals surface area contributed by atoms with Crippen LogP contribution in [0.2, 0.25) is 5.02 Å². The minimum absolute atomic E-state index is 0.0636. The summed E-state index contributed by atoms with van der Waals surface area (Å²) < 4.78 is 29.5. The van der Waals surface area contributed by atoms with Gasteiger partial charge < -0.3 is 38.6 Å². The summed E-state index contributed by atoms with van der Waals surface area (Å²) in [5, 5.41) is 12.5. The van der Waals surface area contributed by atoms with E-state index in [0.29, 0.717) is 29.5 Å². The number of epoxide rings is 1. The van der Waals surface area contributed by atoms with Gasteiger partial charge in [-0.15, -0.1) is 0 Å². The molecule has 14 heteroatoms. The molecule has 1 aromatic rings. The number of ether oxygens (including phenoxy) is 5. The molecule has 2 fully saturated rings. The summed E-state index contributed by atoms with van der Waals surface area (Å²) in [7, 11) is 6.14. The predicted octanol–water partition coefficient (Wildman–Crippen LogP) is 6.46. The van der Waals surface area contributed by atoms with Crippen molar-refractivity contribution in [2.75, 3.05) is 33.2 Å². The summed E-state index contributed by atoms with van der Waals surface area (Å²) in [6, 6.07) is 2.66. The quantitative estimate of drug-likeness (QED) is 0.205. The van der Waals surface area contributed by atoms with Gasteiger partial charge in [-0.1, -0.05) is 70.0 Å².